The van der Waals surface area contributed by atoms with Gasteiger partial charge in [0.15, 0.2) is 0 Å². The number of ether oxygens (including phenoxy) is 1. The number of nitrogens with zero attached hydrogens (tertiary/aromatic N) is 8. The summed E-state index contributed by atoms with van der Waals surface area (Å²) in [6.07, 6.45) is 0. The molecule has 69 heavy (non-hydrogen) atoms. The van der Waals surface area contributed by atoms with E-state index < -0.39 is 5.97 Å². The molecule has 0 radical (unpaired) electrons. The molecule has 0 saturated heterocycles. The third-order valence-electron chi connectivity index (χ3n) is 12.6. The van der Waals surface area contributed by atoms with Crippen LogP contribution in [0.4, 0.5) is 23.0 Å². The molecule has 0 bridgehead atoms. The fourth-order valence-electron chi connectivity index (χ4n) is 9.04. The van der Waals surface area contributed by atoms with Gasteiger partial charge in [0, 0.05) is 65.7 Å². The lowest BCUT2D eigenvalue weighted by Gasteiger charge is -2.22. The van der Waals surface area contributed by atoms with Crippen molar-refractivity contribution in [3.63, 3.8) is 0 Å². The molecular formula is C53H64N10O6. The first kappa shape index (κ1) is 49.3. The first-order valence-electron chi connectivity index (χ1n) is 23.2. The number of rotatable bonds is 14. The molecule has 0 unspecified atom stereocenters. The molecule has 362 valence electrons. The average Bonchev–Trinajstić information content (AvgIpc) is 4.06. The Balaban J connectivity index is 0.000000204. The van der Waals surface area contributed by atoms with Gasteiger partial charge in [0.2, 0.25) is 0 Å². The fraction of sp³-hybridized carbons (Fsp3) is 0.358. The molecule has 4 heterocycles. The predicted molar refractivity (Wildman–Crippen MR) is 270 cm³/mol. The smallest absolute Gasteiger partial charge is 0.337 e. The van der Waals surface area contributed by atoms with E-state index in [2.05, 4.69) is 90.7 Å². The molecule has 2 aliphatic heterocycles. The highest BCUT2D eigenvalue weighted by Crippen LogP contribution is 2.33. The molecular weight excluding hydrogens is 873 g/mol. The van der Waals surface area contributed by atoms with Crippen molar-refractivity contribution in [3.05, 3.63) is 152 Å². The summed E-state index contributed by atoms with van der Waals surface area (Å²) in [5, 5.41) is 24.5. The Bertz CT molecular complexity index is 2860. The summed E-state index contributed by atoms with van der Waals surface area (Å²) in [4.78, 5) is 58.2. The summed E-state index contributed by atoms with van der Waals surface area (Å²) in [6, 6.07) is 26.2. The Kier molecular flexibility index (Phi) is 14.8. The highest BCUT2D eigenvalue weighted by Gasteiger charge is 2.32. The number of carboxylic acid groups (broad SMARTS) is 1. The Labute approximate surface area is 404 Å². The summed E-state index contributed by atoms with van der Waals surface area (Å²) in [7, 11) is 9.51. The Hall–Kier alpha value is -7.62. The molecule has 3 N–H and O–H groups in total. The van der Waals surface area contributed by atoms with Crippen LogP contribution in [0.5, 0.6) is 0 Å². The number of hydrogen-bond acceptors (Lipinski definition) is 11. The Morgan fingerprint density at radius 1 is 0.609 bits per heavy atom. The number of esters is 1. The van der Waals surface area contributed by atoms with E-state index >= 15 is 0 Å². The number of carboxylic acids is 1. The third kappa shape index (κ3) is 11.1. The van der Waals surface area contributed by atoms with E-state index in [1.54, 1.807) is 36.4 Å². The number of carbonyl (C=O) groups excluding carboxylic acids is 3. The van der Waals surface area contributed by atoms with Gasteiger partial charge in [-0.05, 0) is 123 Å². The van der Waals surface area contributed by atoms with Crippen LogP contribution in [0, 0.1) is 27.7 Å². The van der Waals surface area contributed by atoms with Gasteiger partial charge < -0.3 is 40.1 Å². The van der Waals surface area contributed by atoms with Crippen LogP contribution in [0.1, 0.15) is 112 Å². The van der Waals surface area contributed by atoms with Gasteiger partial charge in [-0.15, -0.1) is 0 Å². The number of fused-ring (bicyclic) bond motifs is 2. The molecule has 16 heteroatoms. The second-order valence-corrected chi connectivity index (χ2v) is 18.4. The first-order valence-corrected chi connectivity index (χ1v) is 23.2. The second-order valence-electron chi connectivity index (χ2n) is 18.4. The topological polar surface area (TPSA) is 170 Å². The van der Waals surface area contributed by atoms with Crippen molar-refractivity contribution in [1.82, 2.24) is 30.2 Å². The van der Waals surface area contributed by atoms with Crippen molar-refractivity contribution in [1.29, 1.82) is 0 Å². The summed E-state index contributed by atoms with van der Waals surface area (Å²) in [5.41, 5.74) is 12.2. The van der Waals surface area contributed by atoms with Crippen molar-refractivity contribution < 1.29 is 29.0 Å². The van der Waals surface area contributed by atoms with Crippen LogP contribution in [0.15, 0.2) is 84.9 Å². The lowest BCUT2D eigenvalue weighted by atomic mass is 10.1. The number of aromatic carboxylic acids is 1. The van der Waals surface area contributed by atoms with Gasteiger partial charge in [0.1, 0.15) is 22.8 Å². The zero-order valence-electron chi connectivity index (χ0n) is 41.5. The molecule has 0 saturated carbocycles. The molecule has 16 nitrogen and oxygen atoms in total. The summed E-state index contributed by atoms with van der Waals surface area (Å²) in [6.45, 7) is 16.2. The fourth-order valence-corrected chi connectivity index (χ4v) is 9.04. The van der Waals surface area contributed by atoms with Crippen LogP contribution >= 0.6 is 0 Å². The standard InChI is InChI=1S/C27H33N5O3.C26H31N5O3/c1-17-13-20(15-23(14-17)30(4)5)16-31-11-12-32-26(31)24(19(3)29-32)25(33)28-18(2)21-7-9-22(10-8-21)27(34)35-6;1-16-12-19(14-22(13-16)29(4)5)15-30-10-11-31-25(30)23(18(3)28-31)24(32)27-17(2)20-6-8-21(9-7-20)26(33)34/h7-10,13-15,18H,11-12,16H2,1-6H3,(H,28,33);6-9,12-14,17H,10-11,15H2,1-5H3,(H,27,32)(H,33,34)/t18-;17-/m00/s1. The van der Waals surface area contributed by atoms with Crippen LogP contribution < -0.4 is 30.2 Å². The number of benzene rings is 4. The van der Waals surface area contributed by atoms with E-state index in [9.17, 15) is 19.2 Å². The maximum atomic E-state index is 13.4. The van der Waals surface area contributed by atoms with E-state index in [0.29, 0.717) is 41.2 Å². The SMILES string of the molecule is COC(=O)c1ccc([C@H](C)NC(=O)c2c(C)nn3c2N(Cc2cc(C)cc(N(C)C)c2)CC3)cc1.Cc1cc(CN2CCn3nc(C)c(C(=O)N[C@@H](C)c4ccc(C(=O)O)cc4)c32)cc(N(C)C)c1. The minimum Gasteiger partial charge on any atom is -0.478 e. The molecule has 4 aromatic carbocycles. The van der Waals surface area contributed by atoms with Gasteiger partial charge in [-0.3, -0.25) is 9.59 Å². The lowest BCUT2D eigenvalue weighted by molar-refractivity contribution is 0.0599. The normalized spacial score (nSPS) is 13.4. The van der Waals surface area contributed by atoms with E-state index in [0.717, 1.165) is 60.3 Å². The summed E-state index contributed by atoms with van der Waals surface area (Å²) in [5.74, 6) is 0.0148. The maximum absolute atomic E-state index is 13.4. The summed E-state index contributed by atoms with van der Waals surface area (Å²) < 4.78 is 8.61. The minimum absolute atomic E-state index is 0.154. The second kappa shape index (κ2) is 20.7. The molecule has 2 aromatic heterocycles. The van der Waals surface area contributed by atoms with Crippen molar-refractivity contribution in [2.24, 2.45) is 0 Å². The molecule has 2 atom stereocenters. The number of aryl methyl sites for hydroxylation is 4. The van der Waals surface area contributed by atoms with Gasteiger partial charge in [-0.25, -0.2) is 19.0 Å². The number of aromatic nitrogens is 4. The Morgan fingerprint density at radius 3 is 1.36 bits per heavy atom. The van der Waals surface area contributed by atoms with E-state index in [1.165, 1.54) is 29.4 Å². The van der Waals surface area contributed by atoms with Gasteiger partial charge in [0.25, 0.3) is 11.8 Å². The van der Waals surface area contributed by atoms with Gasteiger partial charge in [0.05, 0.1) is 54.8 Å². The number of hydrogen-bond donors (Lipinski definition) is 3. The predicted octanol–water partition coefficient (Wildman–Crippen LogP) is 7.64. The molecule has 0 spiro atoms. The third-order valence-corrected chi connectivity index (χ3v) is 12.6. The van der Waals surface area contributed by atoms with E-state index in [1.807, 2.05) is 77.4 Å². The highest BCUT2D eigenvalue weighted by molar-refractivity contribution is 6.01. The van der Waals surface area contributed by atoms with Crippen molar-refractivity contribution >= 4 is 46.8 Å². The first-order chi connectivity index (χ1) is 32.8. The zero-order chi connectivity index (χ0) is 49.8. The van der Waals surface area contributed by atoms with Crippen LogP contribution in [0.25, 0.3) is 0 Å². The number of anilines is 4. The molecule has 2 aliphatic rings. The van der Waals surface area contributed by atoms with Crippen molar-refractivity contribution in [2.45, 2.75) is 79.8 Å². The van der Waals surface area contributed by atoms with E-state index in [-0.39, 0.29) is 35.4 Å². The molecule has 0 fully saturated rings. The molecule has 0 aliphatic carbocycles. The largest absolute Gasteiger partial charge is 0.478 e. The van der Waals surface area contributed by atoms with Gasteiger partial charge >= 0.3 is 11.9 Å². The quantitative estimate of drug-likeness (QED) is 0.0914. The van der Waals surface area contributed by atoms with Crippen molar-refractivity contribution in [3.8, 4) is 0 Å². The monoisotopic (exact) mass is 937 g/mol. The van der Waals surface area contributed by atoms with Crippen LogP contribution in [0.2, 0.25) is 0 Å². The minimum atomic E-state index is -0.972. The van der Waals surface area contributed by atoms with Crippen LogP contribution in [0.3, 0.4) is 0 Å². The van der Waals surface area contributed by atoms with E-state index in [4.69, 9.17) is 9.84 Å². The lowest BCUT2D eigenvalue weighted by Crippen LogP contribution is -2.29. The number of methoxy groups -OCH3 is 1. The maximum Gasteiger partial charge on any atom is 0.337 e. The molecule has 2 amide bonds. The van der Waals surface area contributed by atoms with Gasteiger partial charge in [-0.1, -0.05) is 36.4 Å². The zero-order valence-corrected chi connectivity index (χ0v) is 41.5. The number of amides is 2. The van der Waals surface area contributed by atoms with Crippen molar-refractivity contribution in [2.75, 3.05) is 68.0 Å². The Morgan fingerprint density at radius 2 is 1.00 bits per heavy atom. The number of carbonyl (C=O) groups is 4. The number of nitrogens with one attached hydrogen (secondary N) is 2. The average molecular weight is 937 g/mol. The van der Waals surface area contributed by atoms with Crippen LogP contribution in [-0.2, 0) is 30.9 Å². The molecule has 6 aromatic rings. The summed E-state index contributed by atoms with van der Waals surface area (Å²) >= 11 is 0. The highest BCUT2D eigenvalue weighted by atomic mass is 16.5. The molecule has 8 rings (SSSR count). The van der Waals surface area contributed by atoms with Crippen LogP contribution in [-0.4, -0.2) is 96.8 Å². The van der Waals surface area contributed by atoms with Gasteiger partial charge in [-0.2, -0.15) is 10.2 Å².